The molecule has 3 nitrogen and oxygen atoms in total. The van der Waals surface area contributed by atoms with Crippen molar-refractivity contribution in [1.29, 1.82) is 0 Å². The Morgan fingerprint density at radius 1 is 1.33 bits per heavy atom. The molecule has 0 aliphatic rings. The van der Waals surface area contributed by atoms with Crippen molar-refractivity contribution in [3.8, 4) is 0 Å². The number of aromatic nitrogens is 1. The molecule has 0 unspecified atom stereocenters. The SMILES string of the molecule is O=Cc1onc2cc(C(F)(F)F)ccc12. The lowest BCUT2D eigenvalue weighted by atomic mass is 10.1. The minimum Gasteiger partial charge on any atom is -0.352 e. The second kappa shape index (κ2) is 3.08. The molecule has 0 N–H and O–H groups in total. The number of hydrogen-bond acceptors (Lipinski definition) is 3. The number of fused-ring (bicyclic) bond motifs is 1. The molecule has 78 valence electrons. The van der Waals surface area contributed by atoms with Crippen molar-refractivity contribution in [2.24, 2.45) is 0 Å². The summed E-state index contributed by atoms with van der Waals surface area (Å²) in [4.78, 5) is 10.4. The van der Waals surface area contributed by atoms with Gasteiger partial charge in [0.15, 0.2) is 6.29 Å². The molecular formula is C9H4F3NO2. The van der Waals surface area contributed by atoms with Crippen LogP contribution in [0, 0.1) is 0 Å². The van der Waals surface area contributed by atoms with E-state index in [2.05, 4.69) is 9.68 Å². The van der Waals surface area contributed by atoms with E-state index in [0.717, 1.165) is 12.1 Å². The van der Waals surface area contributed by atoms with Gasteiger partial charge >= 0.3 is 6.18 Å². The Balaban J connectivity index is 2.63. The summed E-state index contributed by atoms with van der Waals surface area (Å²) >= 11 is 0. The first-order chi connectivity index (χ1) is 7.02. The fourth-order valence-corrected chi connectivity index (χ4v) is 1.22. The van der Waals surface area contributed by atoms with Gasteiger partial charge in [-0.15, -0.1) is 0 Å². The van der Waals surface area contributed by atoms with Crippen LogP contribution in [0.1, 0.15) is 16.1 Å². The van der Waals surface area contributed by atoms with Crippen molar-refractivity contribution in [1.82, 2.24) is 5.16 Å². The Labute approximate surface area is 81.5 Å². The number of nitrogens with zero attached hydrogens (tertiary/aromatic N) is 1. The van der Waals surface area contributed by atoms with Gasteiger partial charge in [0, 0.05) is 0 Å². The molecule has 0 amide bonds. The number of aldehydes is 1. The average Bonchev–Trinajstić information content (AvgIpc) is 2.58. The van der Waals surface area contributed by atoms with Crippen molar-refractivity contribution >= 4 is 17.2 Å². The van der Waals surface area contributed by atoms with E-state index in [4.69, 9.17) is 0 Å². The summed E-state index contributed by atoms with van der Waals surface area (Å²) in [5, 5.41) is 3.63. The van der Waals surface area contributed by atoms with Crippen LogP contribution in [0.25, 0.3) is 10.9 Å². The molecule has 0 bridgehead atoms. The van der Waals surface area contributed by atoms with Crippen molar-refractivity contribution < 1.29 is 22.5 Å². The summed E-state index contributed by atoms with van der Waals surface area (Å²) < 4.78 is 41.4. The molecule has 2 aromatic rings. The maximum absolute atomic E-state index is 12.3. The molecule has 2 rings (SSSR count). The maximum atomic E-state index is 12.3. The first-order valence-corrected chi connectivity index (χ1v) is 3.94. The third-order valence-electron chi connectivity index (χ3n) is 1.94. The van der Waals surface area contributed by atoms with Crippen LogP contribution in [0.4, 0.5) is 13.2 Å². The molecule has 0 aliphatic heterocycles. The predicted molar refractivity (Wildman–Crippen MR) is 44.4 cm³/mol. The highest BCUT2D eigenvalue weighted by Gasteiger charge is 2.31. The zero-order valence-electron chi connectivity index (χ0n) is 7.21. The molecule has 1 aromatic heterocycles. The van der Waals surface area contributed by atoms with Gasteiger partial charge in [-0.25, -0.2) is 0 Å². The summed E-state index contributed by atoms with van der Waals surface area (Å²) in [5.41, 5.74) is -0.798. The van der Waals surface area contributed by atoms with E-state index in [1.807, 2.05) is 0 Å². The van der Waals surface area contributed by atoms with Crippen molar-refractivity contribution in [3.63, 3.8) is 0 Å². The fourth-order valence-electron chi connectivity index (χ4n) is 1.22. The highest BCUT2D eigenvalue weighted by molar-refractivity contribution is 5.93. The number of halogens is 3. The molecule has 0 radical (unpaired) electrons. The van der Waals surface area contributed by atoms with E-state index in [-0.39, 0.29) is 16.7 Å². The van der Waals surface area contributed by atoms with E-state index >= 15 is 0 Å². The molecule has 0 saturated carbocycles. The van der Waals surface area contributed by atoms with E-state index in [9.17, 15) is 18.0 Å². The lowest BCUT2D eigenvalue weighted by molar-refractivity contribution is -0.137. The van der Waals surface area contributed by atoms with Gasteiger partial charge in [-0.05, 0) is 18.2 Å². The molecule has 0 fully saturated rings. The third kappa shape index (κ3) is 1.58. The van der Waals surface area contributed by atoms with Crippen LogP contribution in [-0.4, -0.2) is 11.4 Å². The first-order valence-electron chi connectivity index (χ1n) is 3.94. The summed E-state index contributed by atoms with van der Waals surface area (Å²) in [6.07, 6.45) is -4.02. The monoisotopic (exact) mass is 215 g/mol. The highest BCUT2D eigenvalue weighted by atomic mass is 19.4. The lowest BCUT2D eigenvalue weighted by Gasteiger charge is -2.04. The quantitative estimate of drug-likeness (QED) is 0.687. The Morgan fingerprint density at radius 2 is 2.07 bits per heavy atom. The third-order valence-corrected chi connectivity index (χ3v) is 1.94. The van der Waals surface area contributed by atoms with Gasteiger partial charge in [-0.2, -0.15) is 13.2 Å². The second-order valence-electron chi connectivity index (χ2n) is 2.89. The van der Waals surface area contributed by atoms with Crippen LogP contribution < -0.4 is 0 Å². The van der Waals surface area contributed by atoms with Crippen LogP contribution >= 0.6 is 0 Å². The molecule has 15 heavy (non-hydrogen) atoms. The van der Waals surface area contributed by atoms with Gasteiger partial charge in [0.2, 0.25) is 5.76 Å². The Morgan fingerprint density at radius 3 is 2.67 bits per heavy atom. The number of carbonyl (C=O) groups excluding carboxylic acids is 1. The molecule has 0 aliphatic carbocycles. The molecule has 6 heteroatoms. The molecule has 1 heterocycles. The Hall–Kier alpha value is -1.85. The lowest BCUT2D eigenvalue weighted by Crippen LogP contribution is -2.04. The highest BCUT2D eigenvalue weighted by Crippen LogP contribution is 2.31. The summed E-state index contributed by atoms with van der Waals surface area (Å²) in [5.74, 6) is -0.0706. The standard InChI is InChI=1S/C9H4F3NO2/c10-9(11,12)5-1-2-6-7(3-5)13-15-8(6)4-14/h1-4H. The van der Waals surface area contributed by atoms with E-state index in [1.54, 1.807) is 0 Å². The molecule has 1 aromatic carbocycles. The fraction of sp³-hybridized carbons (Fsp3) is 0.111. The minimum absolute atomic E-state index is 0.0203. The summed E-state index contributed by atoms with van der Waals surface area (Å²) in [6.45, 7) is 0. The van der Waals surface area contributed by atoms with Gasteiger partial charge in [-0.1, -0.05) is 5.16 Å². The molecular weight excluding hydrogens is 211 g/mol. The summed E-state index contributed by atoms with van der Waals surface area (Å²) in [6, 6.07) is 2.89. The molecule has 0 spiro atoms. The van der Waals surface area contributed by atoms with Gasteiger partial charge < -0.3 is 4.52 Å². The van der Waals surface area contributed by atoms with Gasteiger partial charge in [0.1, 0.15) is 5.52 Å². The van der Waals surface area contributed by atoms with Crippen molar-refractivity contribution in [3.05, 3.63) is 29.5 Å². The Kier molecular flexibility index (Phi) is 1.99. The van der Waals surface area contributed by atoms with E-state index in [0.29, 0.717) is 6.29 Å². The number of carbonyl (C=O) groups is 1. The van der Waals surface area contributed by atoms with Gasteiger partial charge in [-0.3, -0.25) is 4.79 Å². The van der Waals surface area contributed by atoms with Crippen LogP contribution in [0.2, 0.25) is 0 Å². The van der Waals surface area contributed by atoms with Crippen LogP contribution in [0.3, 0.4) is 0 Å². The second-order valence-corrected chi connectivity index (χ2v) is 2.89. The average molecular weight is 215 g/mol. The zero-order valence-corrected chi connectivity index (χ0v) is 7.21. The van der Waals surface area contributed by atoms with Gasteiger partial charge in [0.05, 0.1) is 10.9 Å². The van der Waals surface area contributed by atoms with Crippen LogP contribution in [0.15, 0.2) is 22.7 Å². The number of hydrogen-bond donors (Lipinski definition) is 0. The predicted octanol–water partition coefficient (Wildman–Crippen LogP) is 2.66. The number of rotatable bonds is 1. The van der Waals surface area contributed by atoms with E-state index < -0.39 is 11.7 Å². The topological polar surface area (TPSA) is 43.1 Å². The van der Waals surface area contributed by atoms with Crippen LogP contribution in [0.5, 0.6) is 0 Å². The minimum atomic E-state index is -4.42. The van der Waals surface area contributed by atoms with Crippen LogP contribution in [-0.2, 0) is 6.18 Å². The number of alkyl halides is 3. The normalized spacial score (nSPS) is 11.9. The largest absolute Gasteiger partial charge is 0.416 e. The zero-order chi connectivity index (χ0) is 11.1. The van der Waals surface area contributed by atoms with Gasteiger partial charge in [0.25, 0.3) is 0 Å². The Bertz CT molecular complexity index is 516. The van der Waals surface area contributed by atoms with Crippen molar-refractivity contribution in [2.75, 3.05) is 0 Å². The van der Waals surface area contributed by atoms with E-state index in [1.165, 1.54) is 6.07 Å². The summed E-state index contributed by atoms with van der Waals surface area (Å²) in [7, 11) is 0. The molecule has 0 saturated heterocycles. The smallest absolute Gasteiger partial charge is 0.352 e. The van der Waals surface area contributed by atoms with Crippen molar-refractivity contribution in [2.45, 2.75) is 6.18 Å². The molecule has 0 atom stereocenters. The maximum Gasteiger partial charge on any atom is 0.416 e. The first kappa shape index (κ1) is 9.70. The number of benzene rings is 1.